The monoisotopic (exact) mass is 499 g/mol. The van der Waals surface area contributed by atoms with Crippen LogP contribution < -0.4 is 5.73 Å². The van der Waals surface area contributed by atoms with E-state index in [-0.39, 0.29) is 29.6 Å². The van der Waals surface area contributed by atoms with Crippen molar-refractivity contribution >= 4 is 5.78 Å². The molecule has 0 bridgehead atoms. The van der Waals surface area contributed by atoms with Gasteiger partial charge in [0.05, 0.1) is 12.2 Å². The number of aromatic nitrogens is 2. The Bertz CT molecular complexity index is 1240. The lowest BCUT2D eigenvalue weighted by Crippen LogP contribution is -2.31. The van der Waals surface area contributed by atoms with Crippen molar-refractivity contribution in [1.82, 2.24) is 9.97 Å². The molecule has 0 aliphatic heterocycles. The fourth-order valence-corrected chi connectivity index (χ4v) is 5.05. The van der Waals surface area contributed by atoms with Crippen LogP contribution in [0.15, 0.2) is 42.7 Å². The van der Waals surface area contributed by atoms with E-state index in [1.54, 1.807) is 12.4 Å². The quantitative estimate of drug-likeness (QED) is 0.420. The molecule has 4 N–H and O–H groups in total. The molecule has 0 radical (unpaired) electrons. The van der Waals surface area contributed by atoms with Gasteiger partial charge in [0.1, 0.15) is 34.9 Å². The van der Waals surface area contributed by atoms with Crippen LogP contribution >= 0.6 is 0 Å². The third kappa shape index (κ3) is 5.48. The molecule has 4 atom stereocenters. The van der Waals surface area contributed by atoms with E-state index in [1.807, 2.05) is 6.07 Å². The molecule has 6 nitrogen and oxygen atoms in total. The predicted octanol–water partition coefficient (Wildman–Crippen LogP) is 4.24. The smallest absolute Gasteiger partial charge is 0.185 e. The van der Waals surface area contributed by atoms with Crippen LogP contribution in [-0.4, -0.2) is 38.6 Å². The van der Waals surface area contributed by atoms with Crippen LogP contribution in [0.3, 0.4) is 0 Å². The number of hydrogen-bond donors (Lipinski definition) is 3. The number of Topliss-reactive ketones (excluding diaryl/α,β-unsaturated/α-hetero) is 1. The number of aliphatic hydroxyl groups is 2. The molecule has 2 aromatic heterocycles. The second-order valence-corrected chi connectivity index (χ2v) is 9.53. The van der Waals surface area contributed by atoms with E-state index in [0.717, 1.165) is 43.0 Å². The molecule has 0 amide bonds. The summed E-state index contributed by atoms with van der Waals surface area (Å²) in [5, 5.41) is 18.7. The maximum absolute atomic E-state index is 14.7. The number of hydrogen-bond acceptors (Lipinski definition) is 6. The van der Waals surface area contributed by atoms with E-state index in [1.165, 1.54) is 6.07 Å². The minimum Gasteiger partial charge on any atom is -0.393 e. The number of ketones is 1. The second kappa shape index (κ2) is 10.9. The lowest BCUT2D eigenvalue weighted by molar-refractivity contribution is 0.0951. The average Bonchev–Trinajstić information content (AvgIpc) is 2.83. The van der Waals surface area contributed by atoms with Crippen LogP contribution in [0.25, 0.3) is 11.3 Å². The summed E-state index contributed by atoms with van der Waals surface area (Å²) in [6.45, 7) is 1.41. The van der Waals surface area contributed by atoms with E-state index >= 15 is 0 Å². The molecule has 0 unspecified atom stereocenters. The molecule has 190 valence electrons. The van der Waals surface area contributed by atoms with Gasteiger partial charge in [-0.3, -0.25) is 9.78 Å². The number of pyridine rings is 2. The number of aliphatic hydroxyl groups excluding tert-OH is 2. The molecule has 36 heavy (non-hydrogen) atoms. The Hall–Kier alpha value is -3.14. The Balaban J connectivity index is 1.64. The lowest BCUT2D eigenvalue weighted by atomic mass is 9.75. The predicted molar refractivity (Wildman–Crippen MR) is 128 cm³/mol. The molecule has 1 aliphatic rings. The number of carbonyl (C=O) groups is 1. The molecule has 3 aromatic rings. The Morgan fingerprint density at radius 2 is 1.83 bits per heavy atom. The van der Waals surface area contributed by atoms with Crippen molar-refractivity contribution in [2.75, 3.05) is 6.61 Å². The number of rotatable bonds is 7. The van der Waals surface area contributed by atoms with Gasteiger partial charge in [-0.1, -0.05) is 6.92 Å². The number of nitrogens with two attached hydrogens (primary N) is 1. The van der Waals surface area contributed by atoms with Crippen molar-refractivity contribution in [3.63, 3.8) is 0 Å². The van der Waals surface area contributed by atoms with Crippen LogP contribution in [-0.2, 0) is 6.42 Å². The summed E-state index contributed by atoms with van der Waals surface area (Å²) in [5.74, 6) is -3.18. The van der Waals surface area contributed by atoms with E-state index < -0.39 is 47.2 Å². The topological polar surface area (TPSA) is 109 Å². The van der Waals surface area contributed by atoms with Gasteiger partial charge in [-0.2, -0.15) is 0 Å². The molecule has 1 fully saturated rings. The van der Waals surface area contributed by atoms with Gasteiger partial charge in [0.15, 0.2) is 5.78 Å². The Kier molecular flexibility index (Phi) is 7.82. The van der Waals surface area contributed by atoms with E-state index in [9.17, 15) is 23.1 Å². The SMILES string of the molecule is C[C@@H]1C[C@H](N)C[C@H](c2ccncc2CC(=O)c2ccc(F)c(-c3c(F)cc([C@H](O)CO)cc3F)n2)C1. The van der Waals surface area contributed by atoms with Crippen molar-refractivity contribution in [3.05, 3.63) is 82.6 Å². The molecule has 2 heterocycles. The number of halogens is 3. The van der Waals surface area contributed by atoms with Crippen LogP contribution in [0.4, 0.5) is 13.2 Å². The molecule has 9 heteroatoms. The zero-order chi connectivity index (χ0) is 26.0. The molecule has 1 aliphatic carbocycles. The highest BCUT2D eigenvalue weighted by molar-refractivity contribution is 5.96. The first-order valence-electron chi connectivity index (χ1n) is 11.8. The Morgan fingerprint density at radius 1 is 1.11 bits per heavy atom. The van der Waals surface area contributed by atoms with Crippen molar-refractivity contribution in [2.45, 2.75) is 50.7 Å². The first-order valence-corrected chi connectivity index (χ1v) is 11.8. The fraction of sp³-hybridized carbons (Fsp3) is 0.370. The third-order valence-electron chi connectivity index (χ3n) is 6.70. The minimum absolute atomic E-state index is 0.0615. The standard InChI is InChI=1S/C27H28F3N3O3/c1-14-6-15(8-18(31)7-14)19-4-5-32-12-17(19)11-24(35)23-3-2-20(28)27(33-23)26-21(29)9-16(10-22(26)30)25(36)13-34/h2-5,9-10,12,14-15,18,25,34,36H,6-8,11,13,31H2,1H3/t14-,15+,18-,25+/m0/s1. The molecule has 1 aromatic carbocycles. The van der Waals surface area contributed by atoms with Gasteiger partial charge in [-0.25, -0.2) is 18.2 Å². The highest BCUT2D eigenvalue weighted by Gasteiger charge is 2.28. The van der Waals surface area contributed by atoms with Gasteiger partial charge in [-0.05, 0) is 78.1 Å². The first-order chi connectivity index (χ1) is 17.2. The normalized spacial score (nSPS) is 20.8. The summed E-state index contributed by atoms with van der Waals surface area (Å²) in [7, 11) is 0. The molecule has 4 rings (SSSR count). The molecular formula is C27H28F3N3O3. The van der Waals surface area contributed by atoms with Crippen LogP contribution in [0.1, 0.15) is 65.4 Å². The van der Waals surface area contributed by atoms with Crippen molar-refractivity contribution in [1.29, 1.82) is 0 Å². The summed E-state index contributed by atoms with van der Waals surface area (Å²) in [5.41, 5.74) is 6.15. The summed E-state index contributed by atoms with van der Waals surface area (Å²) >= 11 is 0. The first kappa shape index (κ1) is 25.9. The van der Waals surface area contributed by atoms with E-state index in [0.29, 0.717) is 11.5 Å². The summed E-state index contributed by atoms with van der Waals surface area (Å²) < 4.78 is 44.1. The van der Waals surface area contributed by atoms with Crippen LogP contribution in [0.5, 0.6) is 0 Å². The summed E-state index contributed by atoms with van der Waals surface area (Å²) in [6.07, 6.45) is 4.42. The third-order valence-corrected chi connectivity index (χ3v) is 6.70. The van der Waals surface area contributed by atoms with Gasteiger partial charge in [-0.15, -0.1) is 0 Å². The number of nitrogens with zero attached hydrogens (tertiary/aromatic N) is 2. The van der Waals surface area contributed by atoms with Crippen molar-refractivity contribution in [3.8, 4) is 11.3 Å². The van der Waals surface area contributed by atoms with E-state index in [2.05, 4.69) is 16.9 Å². The van der Waals surface area contributed by atoms with Crippen molar-refractivity contribution < 1.29 is 28.2 Å². The molecular weight excluding hydrogens is 471 g/mol. The minimum atomic E-state index is -1.50. The maximum Gasteiger partial charge on any atom is 0.185 e. The average molecular weight is 500 g/mol. The Morgan fingerprint density at radius 3 is 2.50 bits per heavy atom. The number of carbonyl (C=O) groups excluding carboxylic acids is 1. The lowest BCUT2D eigenvalue weighted by Gasteiger charge is -2.32. The van der Waals surface area contributed by atoms with Gasteiger partial charge in [0.2, 0.25) is 0 Å². The largest absolute Gasteiger partial charge is 0.393 e. The van der Waals surface area contributed by atoms with Gasteiger partial charge in [0.25, 0.3) is 0 Å². The van der Waals surface area contributed by atoms with Crippen LogP contribution in [0.2, 0.25) is 0 Å². The molecule has 0 saturated heterocycles. The summed E-state index contributed by atoms with van der Waals surface area (Å²) in [4.78, 5) is 21.3. The highest BCUT2D eigenvalue weighted by Crippen LogP contribution is 2.37. The van der Waals surface area contributed by atoms with Gasteiger partial charge >= 0.3 is 0 Å². The fourth-order valence-electron chi connectivity index (χ4n) is 5.05. The second-order valence-electron chi connectivity index (χ2n) is 9.53. The van der Waals surface area contributed by atoms with E-state index in [4.69, 9.17) is 10.8 Å². The van der Waals surface area contributed by atoms with Crippen LogP contribution in [0, 0.1) is 23.4 Å². The van der Waals surface area contributed by atoms with Crippen molar-refractivity contribution in [2.24, 2.45) is 11.7 Å². The molecule has 1 saturated carbocycles. The Labute approximate surface area is 207 Å². The summed E-state index contributed by atoms with van der Waals surface area (Å²) in [6, 6.07) is 5.67. The highest BCUT2D eigenvalue weighted by atomic mass is 19.1. The van der Waals surface area contributed by atoms with Gasteiger partial charge < -0.3 is 15.9 Å². The molecule has 0 spiro atoms. The number of benzene rings is 1. The van der Waals surface area contributed by atoms with Gasteiger partial charge in [0, 0.05) is 24.9 Å². The zero-order valence-electron chi connectivity index (χ0n) is 19.8. The zero-order valence-corrected chi connectivity index (χ0v) is 19.8. The maximum atomic E-state index is 14.7.